The van der Waals surface area contributed by atoms with Crippen molar-refractivity contribution in [2.24, 2.45) is 0 Å². The predicted octanol–water partition coefficient (Wildman–Crippen LogP) is 3.32. The average Bonchev–Trinajstić information content (AvgIpc) is 2.77. The number of hydrogen-bond donors (Lipinski definition) is 1. The molecule has 102 valence electrons. The third-order valence-electron chi connectivity index (χ3n) is 2.26. The summed E-state index contributed by atoms with van der Waals surface area (Å²) < 4.78 is 5.45. The van der Waals surface area contributed by atoms with Crippen LogP contribution in [0.4, 0.5) is 0 Å². The van der Waals surface area contributed by atoms with Crippen molar-refractivity contribution < 1.29 is 4.74 Å². The molecule has 19 heavy (non-hydrogen) atoms. The first-order valence-electron chi connectivity index (χ1n) is 5.70. The maximum Gasteiger partial charge on any atom is 0.232 e. The molecule has 0 saturated heterocycles. The van der Waals surface area contributed by atoms with Crippen molar-refractivity contribution in [2.45, 2.75) is 13.5 Å². The van der Waals surface area contributed by atoms with E-state index in [4.69, 9.17) is 27.9 Å². The minimum atomic E-state index is 0.400. The summed E-state index contributed by atoms with van der Waals surface area (Å²) in [6.45, 7) is 3.90. The molecule has 7 heteroatoms. The molecule has 0 amide bonds. The highest BCUT2D eigenvalue weighted by atomic mass is 35.5. The Bertz CT molecular complexity index is 548. The van der Waals surface area contributed by atoms with Crippen LogP contribution in [0.15, 0.2) is 17.6 Å². The molecule has 0 radical (unpaired) electrons. The minimum absolute atomic E-state index is 0.400. The number of hydrogen-bond acceptors (Lipinski definition) is 5. The van der Waals surface area contributed by atoms with Crippen molar-refractivity contribution in [3.05, 3.63) is 38.4 Å². The number of rotatable bonds is 6. The summed E-state index contributed by atoms with van der Waals surface area (Å²) in [6.07, 6.45) is 1.51. The lowest BCUT2D eigenvalue weighted by atomic mass is 10.4. The first kappa shape index (κ1) is 14.5. The quantitative estimate of drug-likeness (QED) is 0.830. The molecule has 0 unspecified atom stereocenters. The van der Waals surface area contributed by atoms with Gasteiger partial charge in [-0.3, -0.25) is 0 Å². The summed E-state index contributed by atoms with van der Waals surface area (Å²) in [5, 5.41) is 7.27. The highest BCUT2D eigenvalue weighted by Gasteiger charge is 2.03. The summed E-state index contributed by atoms with van der Waals surface area (Å²) in [5.74, 6) is 0.400. The molecule has 0 aliphatic rings. The Hall–Kier alpha value is -0.880. The number of pyridine rings is 1. The van der Waals surface area contributed by atoms with Crippen LogP contribution in [0.25, 0.3) is 0 Å². The van der Waals surface area contributed by atoms with E-state index in [-0.39, 0.29) is 0 Å². The van der Waals surface area contributed by atoms with Crippen LogP contribution in [0.3, 0.4) is 0 Å². The third-order valence-corrected chi connectivity index (χ3v) is 3.56. The van der Waals surface area contributed by atoms with Crippen LogP contribution >= 0.6 is 34.5 Å². The van der Waals surface area contributed by atoms with Gasteiger partial charge < -0.3 is 10.1 Å². The molecule has 0 aliphatic carbocycles. The molecule has 0 fully saturated rings. The highest BCUT2D eigenvalue weighted by Crippen LogP contribution is 2.24. The number of nitrogens with zero attached hydrogens (tertiary/aromatic N) is 2. The van der Waals surface area contributed by atoms with E-state index in [9.17, 15) is 0 Å². The molecule has 0 aliphatic heterocycles. The Balaban J connectivity index is 1.69. The Kier molecular flexibility index (Phi) is 5.39. The van der Waals surface area contributed by atoms with E-state index in [1.807, 2.05) is 12.3 Å². The van der Waals surface area contributed by atoms with Gasteiger partial charge in [-0.2, -0.15) is 0 Å². The number of aryl methyl sites for hydroxylation is 1. The Morgan fingerprint density at radius 3 is 2.95 bits per heavy atom. The average molecular weight is 318 g/mol. The molecule has 0 spiro atoms. The summed E-state index contributed by atoms with van der Waals surface area (Å²) in [6, 6.07) is 1.61. The molecule has 1 N–H and O–H groups in total. The van der Waals surface area contributed by atoms with Gasteiger partial charge in [0.2, 0.25) is 5.88 Å². The molecular weight excluding hydrogens is 305 g/mol. The smallest absolute Gasteiger partial charge is 0.232 e. The van der Waals surface area contributed by atoms with Crippen molar-refractivity contribution in [3.8, 4) is 5.88 Å². The van der Waals surface area contributed by atoms with Crippen LogP contribution in [0, 0.1) is 6.92 Å². The summed E-state index contributed by atoms with van der Waals surface area (Å²) in [7, 11) is 0. The number of thiazole rings is 1. The van der Waals surface area contributed by atoms with E-state index in [0.29, 0.717) is 29.1 Å². The van der Waals surface area contributed by atoms with Gasteiger partial charge in [0.1, 0.15) is 11.6 Å². The van der Waals surface area contributed by atoms with Gasteiger partial charge >= 0.3 is 0 Å². The molecule has 0 aromatic carbocycles. The summed E-state index contributed by atoms with van der Waals surface area (Å²) >= 11 is 13.3. The SMILES string of the molecule is Cc1nc(CNCCOc2ncc(Cl)cc2Cl)cs1. The van der Waals surface area contributed by atoms with Gasteiger partial charge in [0, 0.05) is 24.7 Å². The van der Waals surface area contributed by atoms with Gasteiger partial charge in [-0.1, -0.05) is 23.2 Å². The topological polar surface area (TPSA) is 47.0 Å². The first-order valence-corrected chi connectivity index (χ1v) is 7.34. The molecule has 4 nitrogen and oxygen atoms in total. The highest BCUT2D eigenvalue weighted by molar-refractivity contribution is 7.09. The van der Waals surface area contributed by atoms with E-state index in [1.54, 1.807) is 17.4 Å². The summed E-state index contributed by atoms with van der Waals surface area (Å²) in [5.41, 5.74) is 1.05. The number of nitrogens with one attached hydrogen (secondary N) is 1. The Morgan fingerprint density at radius 1 is 1.42 bits per heavy atom. The van der Waals surface area contributed by atoms with Crippen LogP contribution < -0.4 is 10.1 Å². The number of halogens is 2. The van der Waals surface area contributed by atoms with Crippen LogP contribution in [0.1, 0.15) is 10.7 Å². The van der Waals surface area contributed by atoms with Crippen molar-refractivity contribution in [3.63, 3.8) is 0 Å². The summed E-state index contributed by atoms with van der Waals surface area (Å²) in [4.78, 5) is 8.37. The second kappa shape index (κ2) is 7.05. The fourth-order valence-corrected chi connectivity index (χ4v) is 2.48. The number of aromatic nitrogens is 2. The van der Waals surface area contributed by atoms with E-state index >= 15 is 0 Å². The lowest BCUT2D eigenvalue weighted by Crippen LogP contribution is -2.21. The van der Waals surface area contributed by atoms with E-state index in [1.165, 1.54) is 6.20 Å². The molecule has 0 saturated carbocycles. The van der Waals surface area contributed by atoms with Gasteiger partial charge in [0.05, 0.1) is 15.7 Å². The zero-order valence-electron chi connectivity index (χ0n) is 10.3. The van der Waals surface area contributed by atoms with Gasteiger partial charge in [-0.25, -0.2) is 9.97 Å². The van der Waals surface area contributed by atoms with E-state index in [0.717, 1.165) is 17.2 Å². The van der Waals surface area contributed by atoms with E-state index in [2.05, 4.69) is 15.3 Å². The largest absolute Gasteiger partial charge is 0.475 e. The maximum atomic E-state index is 5.94. The van der Waals surface area contributed by atoms with Gasteiger partial charge in [0.25, 0.3) is 0 Å². The normalized spacial score (nSPS) is 10.7. The lowest BCUT2D eigenvalue weighted by Gasteiger charge is -2.07. The Labute approximate surface area is 125 Å². The molecule has 2 rings (SSSR count). The molecule has 2 aromatic heterocycles. The second-order valence-corrected chi connectivity index (χ2v) is 5.73. The van der Waals surface area contributed by atoms with Crippen LogP contribution in [0.5, 0.6) is 5.88 Å². The molecule has 0 atom stereocenters. The zero-order chi connectivity index (χ0) is 13.7. The minimum Gasteiger partial charge on any atom is -0.475 e. The van der Waals surface area contributed by atoms with Gasteiger partial charge in [-0.05, 0) is 13.0 Å². The van der Waals surface area contributed by atoms with Crippen molar-refractivity contribution >= 4 is 34.5 Å². The van der Waals surface area contributed by atoms with Gasteiger partial charge in [0.15, 0.2) is 0 Å². The molecule has 2 aromatic rings. The van der Waals surface area contributed by atoms with Crippen LogP contribution in [-0.2, 0) is 6.54 Å². The zero-order valence-corrected chi connectivity index (χ0v) is 12.6. The number of ether oxygens (including phenoxy) is 1. The standard InChI is InChI=1S/C12H13Cl2N3OS/c1-8-17-10(7-19-8)6-15-2-3-18-12-11(14)4-9(13)5-16-12/h4-5,7,15H,2-3,6H2,1H3. The molecule has 0 bridgehead atoms. The predicted molar refractivity (Wildman–Crippen MR) is 78.3 cm³/mol. The lowest BCUT2D eigenvalue weighted by molar-refractivity contribution is 0.302. The van der Waals surface area contributed by atoms with Gasteiger partial charge in [-0.15, -0.1) is 11.3 Å². The monoisotopic (exact) mass is 317 g/mol. The van der Waals surface area contributed by atoms with Crippen molar-refractivity contribution in [1.82, 2.24) is 15.3 Å². The van der Waals surface area contributed by atoms with Crippen LogP contribution in [0.2, 0.25) is 10.0 Å². The van der Waals surface area contributed by atoms with E-state index < -0.39 is 0 Å². The maximum absolute atomic E-state index is 5.94. The third kappa shape index (κ3) is 4.62. The fraction of sp³-hybridized carbons (Fsp3) is 0.333. The fourth-order valence-electron chi connectivity index (χ4n) is 1.43. The second-order valence-electron chi connectivity index (χ2n) is 3.82. The first-order chi connectivity index (χ1) is 9.15. The van der Waals surface area contributed by atoms with Crippen molar-refractivity contribution in [2.75, 3.05) is 13.2 Å². The van der Waals surface area contributed by atoms with Crippen LogP contribution in [-0.4, -0.2) is 23.1 Å². The Morgan fingerprint density at radius 2 is 2.26 bits per heavy atom. The molecular formula is C12H13Cl2N3OS. The van der Waals surface area contributed by atoms with Crippen molar-refractivity contribution in [1.29, 1.82) is 0 Å². The molecule has 2 heterocycles.